The van der Waals surface area contributed by atoms with Crippen LogP contribution in [-0.2, 0) is 5.41 Å². The predicted octanol–water partition coefficient (Wildman–Crippen LogP) is 10.2. The van der Waals surface area contributed by atoms with Gasteiger partial charge < -0.3 is 0 Å². The summed E-state index contributed by atoms with van der Waals surface area (Å²) < 4.78 is 12.2. The molecule has 1 aliphatic carbocycles. The first-order valence-electron chi connectivity index (χ1n) is 21.2. The fraction of sp³-hybridized carbons (Fsp3) is 0.0909. The molecule has 3 aliphatic heterocycles. The molecule has 60 heavy (non-hydrogen) atoms. The molecule has 0 N–H and O–H groups in total. The minimum absolute atomic E-state index is 0.0921. The fourth-order valence-electron chi connectivity index (χ4n) is 10.9. The summed E-state index contributed by atoms with van der Waals surface area (Å²) in [6, 6.07) is 69.0. The van der Waals surface area contributed by atoms with Crippen LogP contribution in [-0.4, -0.2) is 21.7 Å². The van der Waals surface area contributed by atoms with Crippen molar-refractivity contribution in [2.24, 2.45) is 0 Å². The molecule has 0 amide bonds. The number of anilines is 2. The molecular weight excluding hydrogens is 812 g/mol. The maximum absolute atomic E-state index is 6.57. The molecule has 284 valence electrons. The number of hydrogen-bond donors (Lipinski definition) is 0. The molecule has 0 atom stereocenters. The van der Waals surface area contributed by atoms with Gasteiger partial charge in [-0.25, -0.2) is 0 Å². The predicted molar refractivity (Wildman–Crippen MR) is 254 cm³/mol. The number of ether oxygens (including phenoxy) is 1. The van der Waals surface area contributed by atoms with Crippen molar-refractivity contribution in [3.63, 3.8) is 0 Å². The number of fused-ring (bicyclic) bond motifs is 8. The zero-order chi connectivity index (χ0) is 39.4. The molecule has 0 fully saturated rings. The third-order valence-electron chi connectivity index (χ3n) is 13.4. The summed E-state index contributed by atoms with van der Waals surface area (Å²) in [5.41, 5.74) is 15.5. The van der Waals surface area contributed by atoms with Gasteiger partial charge in [-0.05, 0) is 0 Å². The topological polar surface area (TPSA) is 12.5 Å². The van der Waals surface area contributed by atoms with Gasteiger partial charge in [-0.2, -0.15) is 0 Å². The average molecular weight is 851 g/mol. The van der Waals surface area contributed by atoms with Crippen molar-refractivity contribution in [1.82, 2.24) is 0 Å². The van der Waals surface area contributed by atoms with E-state index in [9.17, 15) is 0 Å². The molecule has 13 rings (SSSR count). The van der Waals surface area contributed by atoms with E-state index in [0.29, 0.717) is 0 Å². The van der Waals surface area contributed by atoms with Gasteiger partial charge in [-0.1, -0.05) is 0 Å². The van der Waals surface area contributed by atoms with Crippen LogP contribution in [0.25, 0.3) is 31.3 Å². The Labute approximate surface area is 361 Å². The second-order valence-electron chi connectivity index (χ2n) is 16.5. The number of rotatable bonds is 4. The molecule has 0 bridgehead atoms. The minimum atomic E-state index is -0.489. The van der Waals surface area contributed by atoms with E-state index in [-0.39, 0.29) is 21.7 Å². The average Bonchev–Trinajstić information content (AvgIpc) is 3.70. The van der Waals surface area contributed by atoms with Crippen molar-refractivity contribution in [2.45, 2.75) is 31.1 Å². The van der Waals surface area contributed by atoms with Crippen LogP contribution < -0.4 is 34.9 Å². The van der Waals surface area contributed by atoms with E-state index >= 15 is 0 Å². The van der Waals surface area contributed by atoms with Gasteiger partial charge in [0.1, 0.15) is 0 Å². The van der Waals surface area contributed by atoms with Crippen molar-refractivity contribution >= 4 is 89.9 Å². The molecule has 0 saturated carbocycles. The van der Waals surface area contributed by atoms with E-state index in [1.165, 1.54) is 103 Å². The molecule has 4 heterocycles. The Morgan fingerprint density at radius 2 is 1.33 bits per heavy atom. The number of hydrogen-bond acceptors (Lipinski definition) is 3. The van der Waals surface area contributed by atoms with Crippen LogP contribution in [0.4, 0.5) is 11.4 Å². The summed E-state index contributed by atoms with van der Waals surface area (Å²) in [5.74, 6) is 2.09. The molecule has 4 aliphatic rings. The van der Waals surface area contributed by atoms with Crippen LogP contribution in [0.3, 0.4) is 0 Å². The molecule has 0 radical (unpaired) electrons. The SMILES string of the molecule is c1ccc(C2(c3ccccc3)c3ccc(-c4cccc5c4sc4ccccc45)cc3B3c4ccc(N5C6=C(CCCC6)Oc6ccccc65)cc4[Se]c4cccc2c43)cc1. The number of para-hydroxylation sites is 2. The van der Waals surface area contributed by atoms with Crippen LogP contribution in [0.5, 0.6) is 5.75 Å². The Bertz CT molecular complexity index is 3200. The van der Waals surface area contributed by atoms with Crippen LogP contribution in [0.1, 0.15) is 47.9 Å². The van der Waals surface area contributed by atoms with Crippen LogP contribution in [0, 0.1) is 0 Å². The van der Waals surface area contributed by atoms with E-state index in [4.69, 9.17) is 4.74 Å². The fourth-order valence-corrected chi connectivity index (χ4v) is 14.7. The number of allylic oxidation sites excluding steroid dienone is 2. The molecule has 5 heteroatoms. The van der Waals surface area contributed by atoms with Gasteiger partial charge in [0.05, 0.1) is 0 Å². The second kappa shape index (κ2) is 13.5. The first-order chi connectivity index (χ1) is 29.8. The van der Waals surface area contributed by atoms with E-state index in [1.807, 2.05) is 11.3 Å². The van der Waals surface area contributed by atoms with E-state index in [1.54, 1.807) is 0 Å². The van der Waals surface area contributed by atoms with Gasteiger partial charge in [0, 0.05) is 0 Å². The normalized spacial score (nSPS) is 15.8. The van der Waals surface area contributed by atoms with E-state index < -0.39 is 5.41 Å². The van der Waals surface area contributed by atoms with Crippen LogP contribution in [0.2, 0.25) is 0 Å². The molecular formula is C55H38BNOSSe. The third kappa shape index (κ3) is 4.95. The zero-order valence-corrected chi connectivity index (χ0v) is 35.4. The Hall–Kier alpha value is -6.10. The summed E-state index contributed by atoms with van der Waals surface area (Å²) in [6.45, 7) is 0.0921. The van der Waals surface area contributed by atoms with Gasteiger partial charge in [0.15, 0.2) is 0 Å². The van der Waals surface area contributed by atoms with Gasteiger partial charge >= 0.3 is 363 Å². The van der Waals surface area contributed by atoms with Crippen molar-refractivity contribution in [1.29, 1.82) is 0 Å². The van der Waals surface area contributed by atoms with Crippen molar-refractivity contribution in [2.75, 3.05) is 4.90 Å². The molecule has 9 aromatic rings. The Morgan fingerprint density at radius 1 is 0.583 bits per heavy atom. The molecule has 8 aromatic carbocycles. The number of nitrogens with zero attached hydrogens (tertiary/aromatic N) is 1. The Morgan fingerprint density at radius 3 is 2.20 bits per heavy atom. The summed E-state index contributed by atoms with van der Waals surface area (Å²) in [4.78, 5) is 2.52. The summed E-state index contributed by atoms with van der Waals surface area (Å²) in [7, 11) is 0. The van der Waals surface area contributed by atoms with Crippen molar-refractivity contribution < 1.29 is 4.74 Å². The maximum atomic E-state index is 6.57. The molecule has 2 nitrogen and oxygen atoms in total. The van der Waals surface area contributed by atoms with Crippen LogP contribution in [0.15, 0.2) is 193 Å². The van der Waals surface area contributed by atoms with Gasteiger partial charge in [0.25, 0.3) is 0 Å². The molecule has 0 saturated heterocycles. The Balaban J connectivity index is 1.08. The third-order valence-corrected chi connectivity index (χ3v) is 17.1. The monoisotopic (exact) mass is 851 g/mol. The van der Waals surface area contributed by atoms with Crippen LogP contribution >= 0.6 is 11.3 Å². The second-order valence-corrected chi connectivity index (χ2v) is 19.8. The standard InChI is InChI=1S/C55H38BNOSSe/c1-3-15-36(16-4-1)55(37-17-5-2-6-18-37)42-31-29-35(39-20-13-21-41-40-19-7-12-27-50(40)59-54(39)41)33-45(42)56-44-32-30-38(34-52(44)60-51-28-14-22-43(55)53(51)56)57-46-23-8-10-25-48(46)58-49-26-11-9-24-47(49)57/h1-8,10,12-23,25,27-34H,9,11,24,26H2. The van der Waals surface area contributed by atoms with Gasteiger partial charge in [-0.3, -0.25) is 0 Å². The van der Waals surface area contributed by atoms with Gasteiger partial charge in [0.2, 0.25) is 0 Å². The summed E-state index contributed by atoms with van der Waals surface area (Å²) in [5, 5.41) is 2.67. The van der Waals surface area contributed by atoms with Crippen molar-refractivity contribution in [3.05, 3.63) is 216 Å². The molecule has 1 aromatic heterocycles. The first-order valence-corrected chi connectivity index (χ1v) is 23.7. The first kappa shape index (κ1) is 34.7. The molecule has 0 unspecified atom stereocenters. The summed E-state index contributed by atoms with van der Waals surface area (Å²) >= 11 is 2.01. The number of thiophene rings is 1. The number of benzene rings is 8. The summed E-state index contributed by atoms with van der Waals surface area (Å²) in [6.07, 6.45) is 4.39. The van der Waals surface area contributed by atoms with Gasteiger partial charge in [-0.15, -0.1) is 0 Å². The molecule has 0 spiro atoms. The van der Waals surface area contributed by atoms with E-state index in [2.05, 4.69) is 187 Å². The van der Waals surface area contributed by atoms with Crippen molar-refractivity contribution in [3.8, 4) is 16.9 Å². The Kier molecular flexibility index (Phi) is 7.79. The quantitative estimate of drug-likeness (QED) is 0.164. The zero-order valence-electron chi connectivity index (χ0n) is 32.9. The van der Waals surface area contributed by atoms with E-state index in [0.717, 1.165) is 30.0 Å².